The lowest BCUT2D eigenvalue weighted by atomic mass is 9.73. The summed E-state index contributed by atoms with van der Waals surface area (Å²) in [6, 6.07) is 0. The monoisotopic (exact) mass is 408 g/mol. The predicted octanol–water partition coefficient (Wildman–Crippen LogP) is 5.01. The molecule has 0 radical (unpaired) electrons. The van der Waals surface area contributed by atoms with E-state index in [2.05, 4.69) is 9.47 Å². The summed E-state index contributed by atoms with van der Waals surface area (Å²) in [5.74, 6) is -2.94. The van der Waals surface area contributed by atoms with E-state index >= 15 is 0 Å². The second-order valence-corrected chi connectivity index (χ2v) is 7.35. The molecule has 0 N–H and O–H groups in total. The van der Waals surface area contributed by atoms with Gasteiger partial charge in [0.05, 0.1) is 5.41 Å². The first kappa shape index (κ1) is 24.0. The van der Waals surface area contributed by atoms with Crippen LogP contribution in [0.3, 0.4) is 0 Å². The molecule has 0 aromatic rings. The minimum atomic E-state index is -5.77. The van der Waals surface area contributed by atoms with Crippen molar-refractivity contribution in [1.82, 2.24) is 0 Å². The second-order valence-electron chi connectivity index (χ2n) is 7.35. The van der Waals surface area contributed by atoms with Gasteiger partial charge in [-0.25, -0.2) is 0 Å². The summed E-state index contributed by atoms with van der Waals surface area (Å²) in [4.78, 5) is 12.3. The van der Waals surface area contributed by atoms with E-state index in [4.69, 9.17) is 4.74 Å². The summed E-state index contributed by atoms with van der Waals surface area (Å²) < 4.78 is 96.3. The molecule has 2 unspecified atom stereocenters. The Morgan fingerprint density at radius 1 is 1.00 bits per heavy atom. The predicted molar refractivity (Wildman–Crippen MR) is 83.7 cm³/mol. The standard InChI is InChI=1S/C17H26F6O4/c1-5-14(2,3)13(24)27-12-9-7-6-8-11(12)15(16(18,19)20,17(21,22)23)26-10-25-4/h11-12H,5-10H2,1-4H3. The molecule has 1 aliphatic rings. The molecule has 27 heavy (non-hydrogen) atoms. The van der Waals surface area contributed by atoms with Gasteiger partial charge in [0, 0.05) is 13.0 Å². The maximum absolute atomic E-state index is 13.7. The third-order valence-electron chi connectivity index (χ3n) is 5.17. The maximum atomic E-state index is 13.7. The zero-order valence-corrected chi connectivity index (χ0v) is 15.8. The van der Waals surface area contributed by atoms with E-state index in [1.165, 1.54) is 13.8 Å². The summed E-state index contributed by atoms with van der Waals surface area (Å²) in [6.07, 6.45) is -12.8. The van der Waals surface area contributed by atoms with Crippen LogP contribution in [0.5, 0.6) is 0 Å². The Morgan fingerprint density at radius 3 is 1.96 bits per heavy atom. The van der Waals surface area contributed by atoms with Crippen LogP contribution < -0.4 is 0 Å². The topological polar surface area (TPSA) is 44.8 Å². The van der Waals surface area contributed by atoms with E-state index < -0.39 is 54.6 Å². The molecule has 1 rings (SSSR count). The van der Waals surface area contributed by atoms with Crippen LogP contribution in [-0.4, -0.2) is 43.9 Å². The number of rotatable bonds is 7. The van der Waals surface area contributed by atoms with E-state index in [0.29, 0.717) is 12.8 Å². The summed E-state index contributed by atoms with van der Waals surface area (Å²) in [5.41, 5.74) is -5.49. The van der Waals surface area contributed by atoms with Crippen LogP contribution in [0.4, 0.5) is 26.3 Å². The Morgan fingerprint density at radius 2 is 1.52 bits per heavy atom. The minimum Gasteiger partial charge on any atom is -0.462 e. The van der Waals surface area contributed by atoms with E-state index in [1.54, 1.807) is 6.92 Å². The maximum Gasteiger partial charge on any atom is 0.427 e. The van der Waals surface area contributed by atoms with Gasteiger partial charge in [-0.3, -0.25) is 4.79 Å². The zero-order chi connectivity index (χ0) is 21.1. The van der Waals surface area contributed by atoms with Gasteiger partial charge in [-0.2, -0.15) is 26.3 Å². The van der Waals surface area contributed by atoms with Gasteiger partial charge in [-0.05, 0) is 39.5 Å². The smallest absolute Gasteiger partial charge is 0.427 e. The lowest BCUT2D eigenvalue weighted by Gasteiger charge is -2.46. The fourth-order valence-electron chi connectivity index (χ4n) is 3.15. The van der Waals surface area contributed by atoms with Crippen molar-refractivity contribution in [2.75, 3.05) is 13.9 Å². The highest BCUT2D eigenvalue weighted by molar-refractivity contribution is 5.76. The van der Waals surface area contributed by atoms with Crippen molar-refractivity contribution in [2.45, 2.75) is 76.9 Å². The molecule has 0 aromatic heterocycles. The quantitative estimate of drug-likeness (QED) is 0.338. The molecule has 0 aliphatic heterocycles. The summed E-state index contributed by atoms with van der Waals surface area (Å²) in [5, 5.41) is 0. The number of hydrogen-bond donors (Lipinski definition) is 0. The van der Waals surface area contributed by atoms with Gasteiger partial charge in [0.15, 0.2) is 0 Å². The van der Waals surface area contributed by atoms with Crippen molar-refractivity contribution in [3.05, 3.63) is 0 Å². The van der Waals surface area contributed by atoms with Gasteiger partial charge in [0.2, 0.25) is 0 Å². The van der Waals surface area contributed by atoms with Crippen molar-refractivity contribution < 1.29 is 45.3 Å². The van der Waals surface area contributed by atoms with Crippen LogP contribution in [-0.2, 0) is 19.0 Å². The van der Waals surface area contributed by atoms with Crippen LogP contribution in [0.1, 0.15) is 52.9 Å². The first-order valence-electron chi connectivity index (χ1n) is 8.72. The Bertz CT molecular complexity index is 487. The molecule has 0 saturated heterocycles. The molecule has 1 saturated carbocycles. The zero-order valence-electron chi connectivity index (χ0n) is 15.8. The molecular formula is C17H26F6O4. The SMILES string of the molecule is CCC(C)(C)C(=O)OC1CCCCC1C(OCOC)(C(F)(F)F)C(F)(F)F. The van der Waals surface area contributed by atoms with E-state index in [-0.39, 0.29) is 12.8 Å². The highest BCUT2D eigenvalue weighted by Crippen LogP contribution is 2.54. The van der Waals surface area contributed by atoms with E-state index in [1.807, 2.05) is 0 Å². The Labute approximate surface area is 154 Å². The van der Waals surface area contributed by atoms with E-state index in [9.17, 15) is 31.1 Å². The summed E-state index contributed by atoms with van der Waals surface area (Å²) >= 11 is 0. The van der Waals surface area contributed by atoms with E-state index in [0.717, 1.165) is 7.11 Å². The number of carbonyl (C=O) groups excluding carboxylic acids is 1. The molecule has 1 aliphatic carbocycles. The number of methoxy groups -OCH3 is 1. The third-order valence-corrected chi connectivity index (χ3v) is 5.17. The van der Waals surface area contributed by atoms with Gasteiger partial charge in [-0.15, -0.1) is 0 Å². The highest BCUT2D eigenvalue weighted by Gasteiger charge is 2.77. The largest absolute Gasteiger partial charge is 0.462 e. The van der Waals surface area contributed by atoms with Crippen molar-refractivity contribution in [1.29, 1.82) is 0 Å². The lowest BCUT2D eigenvalue weighted by molar-refractivity contribution is -0.415. The van der Waals surface area contributed by atoms with Crippen LogP contribution >= 0.6 is 0 Å². The third kappa shape index (κ3) is 4.88. The molecular weight excluding hydrogens is 382 g/mol. The molecule has 0 aromatic carbocycles. The normalized spacial score (nSPS) is 22.6. The molecule has 0 amide bonds. The molecule has 1 fully saturated rings. The fraction of sp³-hybridized carbons (Fsp3) is 0.941. The first-order valence-corrected chi connectivity index (χ1v) is 8.72. The van der Waals surface area contributed by atoms with Crippen LogP contribution in [0.25, 0.3) is 0 Å². The molecule has 0 spiro atoms. The number of alkyl halides is 6. The van der Waals surface area contributed by atoms with Crippen LogP contribution in [0.2, 0.25) is 0 Å². The van der Waals surface area contributed by atoms with Gasteiger partial charge in [-0.1, -0.05) is 13.3 Å². The average molecular weight is 408 g/mol. The number of hydrogen-bond acceptors (Lipinski definition) is 4. The molecule has 0 heterocycles. The minimum absolute atomic E-state index is 0.0968. The van der Waals surface area contributed by atoms with Gasteiger partial charge < -0.3 is 14.2 Å². The van der Waals surface area contributed by atoms with Crippen LogP contribution in [0, 0.1) is 11.3 Å². The average Bonchev–Trinajstić information content (AvgIpc) is 2.54. The number of carbonyl (C=O) groups is 1. The molecule has 0 bridgehead atoms. The van der Waals surface area contributed by atoms with Crippen molar-refractivity contribution in [2.24, 2.45) is 11.3 Å². The highest BCUT2D eigenvalue weighted by atomic mass is 19.4. The number of ether oxygens (including phenoxy) is 3. The van der Waals surface area contributed by atoms with Crippen molar-refractivity contribution in [3.63, 3.8) is 0 Å². The lowest BCUT2D eigenvalue weighted by Crippen LogP contribution is -2.66. The van der Waals surface area contributed by atoms with Crippen LogP contribution in [0.15, 0.2) is 0 Å². The summed E-state index contributed by atoms with van der Waals surface area (Å²) in [6.45, 7) is 3.53. The van der Waals surface area contributed by atoms with Crippen molar-refractivity contribution in [3.8, 4) is 0 Å². The van der Waals surface area contributed by atoms with Gasteiger partial charge in [0.1, 0.15) is 12.9 Å². The summed E-state index contributed by atoms with van der Waals surface area (Å²) in [7, 11) is 0.930. The molecule has 2 atom stereocenters. The van der Waals surface area contributed by atoms with Crippen molar-refractivity contribution >= 4 is 5.97 Å². The first-order chi connectivity index (χ1) is 12.2. The second kappa shape index (κ2) is 8.55. The Kier molecular flexibility index (Phi) is 7.60. The van der Waals surface area contributed by atoms with Gasteiger partial charge >= 0.3 is 18.3 Å². The Balaban J connectivity index is 3.36. The number of esters is 1. The Hall–Kier alpha value is -1.03. The molecule has 10 heteroatoms. The van der Waals surface area contributed by atoms with Gasteiger partial charge in [0.25, 0.3) is 5.60 Å². The fourth-order valence-corrected chi connectivity index (χ4v) is 3.15. The number of halogens is 6. The molecule has 4 nitrogen and oxygen atoms in total. The molecule has 160 valence electrons.